The van der Waals surface area contributed by atoms with Gasteiger partial charge in [-0.3, -0.25) is 28.8 Å². The lowest BCUT2D eigenvalue weighted by Crippen LogP contribution is -2.58. The number of benzene rings is 6. The maximum absolute atomic E-state index is 13.6. The molecular weight excluding hydrogens is 1700 g/mol. The molecular formula is C76H88Cl8F7N7O17. The number of halogens is 15. The molecule has 12 unspecified atom stereocenters. The Hall–Kier alpha value is -6.92. The molecule has 5 aliphatic carbocycles. The van der Waals surface area contributed by atoms with Crippen LogP contribution in [0.2, 0.25) is 15.1 Å². The van der Waals surface area contributed by atoms with Crippen LogP contribution in [0, 0.1) is 36.8 Å². The minimum Gasteiger partial charge on any atom is -0.473 e. The Bertz CT molecular complexity index is 4440. The van der Waals surface area contributed by atoms with E-state index in [-0.39, 0.29) is 118 Å². The number of nitrogens with zero attached hydrogens (tertiary/aromatic N) is 1. The maximum atomic E-state index is 13.6. The van der Waals surface area contributed by atoms with E-state index in [2.05, 4.69) is 4.85 Å². The van der Waals surface area contributed by atoms with Crippen molar-refractivity contribution in [2.75, 3.05) is 13.2 Å². The van der Waals surface area contributed by atoms with Crippen molar-refractivity contribution in [2.24, 2.45) is 34.4 Å². The van der Waals surface area contributed by atoms with Crippen LogP contribution < -0.4 is 34.4 Å². The van der Waals surface area contributed by atoms with Crippen molar-refractivity contribution in [1.82, 2.24) is 0 Å². The van der Waals surface area contributed by atoms with Gasteiger partial charge >= 0.3 is 18.1 Å². The molecule has 1 heterocycles. The van der Waals surface area contributed by atoms with E-state index in [0.29, 0.717) is 119 Å². The quantitative estimate of drug-likeness (QED) is 0.0319. The van der Waals surface area contributed by atoms with Crippen LogP contribution >= 0.6 is 96.8 Å². The fourth-order valence-corrected chi connectivity index (χ4v) is 14.4. The van der Waals surface area contributed by atoms with Gasteiger partial charge in [-0.1, -0.05) is 127 Å². The van der Waals surface area contributed by atoms with Crippen LogP contribution in [-0.4, -0.2) is 137 Å². The number of carbonyl (C=O) groups excluding carboxylic acids is 6. The molecule has 634 valence electrons. The van der Waals surface area contributed by atoms with Crippen LogP contribution in [0.25, 0.3) is 4.85 Å². The zero-order valence-corrected chi connectivity index (χ0v) is 67.4. The average molecular weight is 1790 g/mol. The molecule has 6 aliphatic rings. The highest BCUT2D eigenvalue weighted by molar-refractivity contribution is 6.32. The summed E-state index contributed by atoms with van der Waals surface area (Å²) in [6, 6.07) is 29.1. The molecule has 12 rings (SSSR count). The highest BCUT2D eigenvalue weighted by Gasteiger charge is 2.51. The average Bonchev–Trinajstić information content (AvgIpc) is 1.65. The van der Waals surface area contributed by atoms with Crippen molar-refractivity contribution in [3.8, 4) is 0 Å². The molecule has 6 fully saturated rings. The number of hydrogen-bond acceptors (Lipinski definition) is 21. The monoisotopic (exact) mass is 1780 g/mol. The van der Waals surface area contributed by atoms with Gasteiger partial charge in [-0.15, -0.1) is 62.0 Å². The Balaban J connectivity index is 0.000000675. The summed E-state index contributed by atoms with van der Waals surface area (Å²) < 4.78 is 97.2. The Morgan fingerprint density at radius 3 is 1.21 bits per heavy atom. The molecule has 1 saturated heterocycles. The predicted octanol–water partition coefficient (Wildman–Crippen LogP) is 10.2. The second-order valence-corrected chi connectivity index (χ2v) is 28.4. The Morgan fingerprint density at radius 1 is 0.443 bits per heavy atom. The number of aliphatic hydroxyl groups excluding tert-OH is 6. The molecule has 39 heteroatoms. The van der Waals surface area contributed by atoms with E-state index in [1.807, 2.05) is 6.92 Å². The van der Waals surface area contributed by atoms with E-state index in [1.165, 1.54) is 0 Å². The topological polar surface area (TPSA) is 468 Å². The third kappa shape index (κ3) is 24.9. The van der Waals surface area contributed by atoms with Gasteiger partial charge in [0.15, 0.2) is 40.4 Å². The van der Waals surface area contributed by atoms with E-state index in [0.717, 1.165) is 30.5 Å². The lowest BCUT2D eigenvalue weighted by molar-refractivity contribution is -0.159. The molecule has 0 bridgehead atoms. The minimum atomic E-state index is -4.83. The van der Waals surface area contributed by atoms with Crippen molar-refractivity contribution in [1.29, 1.82) is 0 Å². The normalized spacial score (nSPS) is 26.7. The molecule has 1 aliphatic heterocycles. The molecule has 0 spiro atoms. The standard InChI is InChI=1S/C14H16N2O2.C13H16ClNO2.C13H13F4NO2.C12H12F3NO2.C11H12ClNO3.C11H12ClNO2.C2H2O4.5ClH/c1-9-5-6-10(8-11(9)16-2)14(15)7-3-4-12(17)13(14)18;14-10-6-2-1-5-9(10)13(15)8-4-3-7-11(16)12(13)17;14-7-3-4-8(9(6-7)13(15,16)17)12(18)5-1-2-10(19)11(12)20;13-6-4-7(14)10(8(15)5-6)12(16)3-1-2-9(17)11(12)18;12-8-4-2-1-3-7(8)11(13)6-16-5-9(14)10(11)15;12-8-4-2-1-3-7(8)11(13)6-5-9(14)10(11)15;3-1(4)2(5)6;;;;;/h5-6,8,12,17H,3-4,7,15H2,1H3;1-2,5-6,11,16H,3-4,7-8,15H2;3-4,6,10,19H,1-2,5,18H2;4-5,9,17H,1-3,16H2;1-4,9,14H,5-6,13H2;1-4,9,14H,5-6,13H2;(H,3,4)(H,5,6);5*1H. The number of aliphatic hydroxyl groups is 6. The Morgan fingerprint density at radius 2 is 0.800 bits per heavy atom. The lowest BCUT2D eigenvalue weighted by atomic mass is 9.73. The molecule has 6 aromatic rings. The van der Waals surface area contributed by atoms with Gasteiger partial charge in [0.05, 0.1) is 30.9 Å². The van der Waals surface area contributed by atoms with Gasteiger partial charge in [-0.2, -0.15) is 13.2 Å². The summed E-state index contributed by atoms with van der Waals surface area (Å²) in [6.07, 6.45) is -5.39. The van der Waals surface area contributed by atoms with E-state index < -0.39 is 145 Å². The molecule has 0 amide bonds. The largest absolute Gasteiger partial charge is 0.473 e. The van der Waals surface area contributed by atoms with Crippen LogP contribution in [0.1, 0.15) is 141 Å². The van der Waals surface area contributed by atoms with Crippen LogP contribution in [-0.2, 0) is 82.5 Å². The lowest BCUT2D eigenvalue weighted by Gasteiger charge is -2.36. The van der Waals surface area contributed by atoms with E-state index in [9.17, 15) is 90.1 Å². The second kappa shape index (κ2) is 44.8. The number of nitrogens with two attached hydrogens (primary N) is 6. The number of carbonyl (C=O) groups is 8. The number of rotatable bonds is 6. The number of hydrogen-bond donors (Lipinski definition) is 14. The van der Waals surface area contributed by atoms with Crippen molar-refractivity contribution in [3.05, 3.63) is 216 Å². The van der Waals surface area contributed by atoms with Crippen molar-refractivity contribution < 1.29 is 115 Å². The van der Waals surface area contributed by atoms with Gasteiger partial charge in [0.1, 0.15) is 93.1 Å². The van der Waals surface area contributed by atoms with E-state index in [4.69, 9.17) is 100 Å². The zero-order chi connectivity index (χ0) is 82.4. The Kier molecular flexibility index (Phi) is 41.3. The van der Waals surface area contributed by atoms with Gasteiger partial charge in [0.2, 0.25) is 0 Å². The highest BCUT2D eigenvalue weighted by atomic mass is 35.5. The molecule has 0 aromatic heterocycles. The van der Waals surface area contributed by atoms with Gasteiger partial charge in [-0.05, 0) is 149 Å². The molecule has 5 saturated carbocycles. The molecule has 115 heavy (non-hydrogen) atoms. The summed E-state index contributed by atoms with van der Waals surface area (Å²) in [5, 5.41) is 73.5. The summed E-state index contributed by atoms with van der Waals surface area (Å²) in [6.45, 7) is 8.97. The maximum Gasteiger partial charge on any atom is 0.416 e. The zero-order valence-electron chi connectivity index (χ0n) is 61.0. The fraction of sp³-hybridized carbons (Fsp3) is 0.408. The number of carboxylic acids is 2. The van der Waals surface area contributed by atoms with E-state index >= 15 is 0 Å². The van der Waals surface area contributed by atoms with Crippen molar-refractivity contribution in [2.45, 2.75) is 179 Å². The van der Waals surface area contributed by atoms with Crippen molar-refractivity contribution in [3.63, 3.8) is 0 Å². The molecule has 6 aromatic carbocycles. The predicted molar refractivity (Wildman–Crippen MR) is 422 cm³/mol. The first-order valence-corrected chi connectivity index (χ1v) is 35.3. The molecule has 20 N–H and O–H groups in total. The van der Waals surface area contributed by atoms with Crippen LogP contribution in [0.3, 0.4) is 0 Å². The van der Waals surface area contributed by atoms with E-state index in [1.54, 1.807) is 91.0 Å². The van der Waals surface area contributed by atoms with Crippen molar-refractivity contribution >= 4 is 149 Å². The molecule has 12 atom stereocenters. The van der Waals surface area contributed by atoms with Gasteiger partial charge < -0.3 is 80.0 Å². The van der Waals surface area contributed by atoms with Gasteiger partial charge in [-0.25, -0.2) is 32.0 Å². The van der Waals surface area contributed by atoms with Gasteiger partial charge in [0, 0.05) is 32.8 Å². The van der Waals surface area contributed by atoms with Gasteiger partial charge in [0.25, 0.3) is 0 Å². The number of ketones is 6. The summed E-state index contributed by atoms with van der Waals surface area (Å²) in [5.74, 6) is -11.4. The number of Topliss-reactive ketones (excluding diaryl/α,β-unsaturated/α-hetero) is 6. The minimum absolute atomic E-state index is 0. The molecule has 0 radical (unpaired) electrons. The number of alkyl halides is 3. The first-order valence-electron chi connectivity index (χ1n) is 34.2. The number of carboxylic acid groups (broad SMARTS) is 2. The smallest absolute Gasteiger partial charge is 0.416 e. The number of ether oxygens (including phenoxy) is 1. The summed E-state index contributed by atoms with van der Waals surface area (Å²) in [5.41, 5.74) is 28.6. The first kappa shape index (κ1) is 106. The summed E-state index contributed by atoms with van der Waals surface area (Å²) in [4.78, 5) is 93.3. The number of aliphatic carboxylic acids is 2. The van der Waals surface area contributed by atoms with Crippen LogP contribution in [0.4, 0.5) is 36.4 Å². The third-order valence-corrected chi connectivity index (χ3v) is 20.6. The summed E-state index contributed by atoms with van der Waals surface area (Å²) >= 11 is 18.1. The van der Waals surface area contributed by atoms with Crippen LogP contribution in [0.5, 0.6) is 0 Å². The summed E-state index contributed by atoms with van der Waals surface area (Å²) in [7, 11) is 0. The molecule has 24 nitrogen and oxygen atoms in total. The first-order chi connectivity index (χ1) is 51.3. The second-order valence-electron chi connectivity index (χ2n) is 27.2. The van der Waals surface area contributed by atoms with Crippen LogP contribution in [0.15, 0.2) is 121 Å². The Labute approximate surface area is 702 Å². The number of aryl methyl sites for hydroxylation is 1. The SMILES string of the molecule is Cl.Cl.Cl.Cl.Cl.NC1(c2c(F)cc(F)cc2F)CCCC(O)C1=O.NC1(c2ccc(F)cc2C(F)(F)F)CCCC(O)C1=O.NC1(c2ccccc2Cl)CCC(O)C1=O.NC1(c2ccccc2Cl)CCCCC(O)C1=O.NC1(c2ccccc2Cl)COCC(O)C1=O.O=C(O)C(=O)O.[C-]#[N+]c1cc(C2(N)CCCC(O)C2=O)ccc1C. The highest BCUT2D eigenvalue weighted by Crippen LogP contribution is 2.43. The fourth-order valence-electron chi connectivity index (χ4n) is 13.5. The third-order valence-electron chi connectivity index (χ3n) is 19.6.